The molecular weight excluding hydrogens is 640 g/mol. The maximum absolute atomic E-state index is 12.7. The molecule has 3 atom stereocenters. The molecule has 0 bridgehead atoms. The summed E-state index contributed by atoms with van der Waals surface area (Å²) in [5.74, 6) is 0.312. The predicted octanol–water partition coefficient (Wildman–Crippen LogP) is 4.41. The normalized spacial score (nSPS) is 19.6. The predicted molar refractivity (Wildman–Crippen MR) is 184 cm³/mol. The smallest absolute Gasteiger partial charge is 0.408 e. The Morgan fingerprint density at radius 3 is 1.88 bits per heavy atom. The number of hydrogen-bond acceptors (Lipinski definition) is 9. The van der Waals surface area contributed by atoms with Crippen LogP contribution < -0.4 is 16.4 Å². The van der Waals surface area contributed by atoms with Crippen LogP contribution in [-0.2, 0) is 9.53 Å². The van der Waals surface area contributed by atoms with Gasteiger partial charge in [-0.25, -0.2) is 19.6 Å². The standard InChI is InChI=1S/C17H22N4O2.C10H17NO4.C7H15NO.ClH/c1-17(2,23)14(10-5-6-10)21-16(22)11-7-18-15-13(11)20-12(8-19-15)9-3-4-9;1-10(2,3)15-9(14)11-7(8(12)13)6-4-5-6;1-7(2,9)6(8)5-3-4-5;/h7-10,14,23H,3-6H2,1-2H3,(H,18,19)(H,21,22);6-7H,4-5H2,1-3H3,(H,11,14)(H,12,13);5-6,9H,3-4,8H2,1-2H3;1H/t14-;7-;6-;/m111./s1. The number of ether oxygens (including phenoxy) is 1. The number of aliphatic hydroxyl groups is 2. The van der Waals surface area contributed by atoms with Gasteiger partial charge < -0.3 is 41.4 Å². The molecular formula is C34H55ClN6O7. The van der Waals surface area contributed by atoms with Gasteiger partial charge >= 0.3 is 12.1 Å². The lowest BCUT2D eigenvalue weighted by atomic mass is 9.94. The van der Waals surface area contributed by atoms with Crippen molar-refractivity contribution in [1.29, 1.82) is 0 Å². The number of aliphatic carboxylic acids is 1. The molecule has 0 spiro atoms. The third-order valence-electron chi connectivity index (χ3n) is 8.76. The number of rotatable bonds is 10. The Kier molecular flexibility index (Phi) is 12.5. The van der Waals surface area contributed by atoms with Crippen LogP contribution in [0.15, 0.2) is 12.4 Å². The first-order chi connectivity index (χ1) is 21.7. The lowest BCUT2D eigenvalue weighted by Gasteiger charge is -2.30. The van der Waals surface area contributed by atoms with E-state index >= 15 is 0 Å². The minimum Gasteiger partial charge on any atom is -0.480 e. The van der Waals surface area contributed by atoms with Gasteiger partial charge in [0.05, 0.1) is 34.7 Å². The number of halogens is 1. The van der Waals surface area contributed by atoms with Crippen LogP contribution in [0.5, 0.6) is 0 Å². The zero-order valence-corrected chi connectivity index (χ0v) is 30.0. The molecule has 270 valence electrons. The van der Waals surface area contributed by atoms with Gasteiger partial charge in [-0.3, -0.25) is 4.79 Å². The second-order valence-corrected chi connectivity index (χ2v) is 15.7. The van der Waals surface area contributed by atoms with Crippen molar-refractivity contribution in [3.8, 4) is 0 Å². The van der Waals surface area contributed by atoms with Crippen LogP contribution in [0.2, 0.25) is 0 Å². The van der Waals surface area contributed by atoms with Crippen LogP contribution in [0.25, 0.3) is 11.2 Å². The number of carboxylic acids is 1. The van der Waals surface area contributed by atoms with Crippen molar-refractivity contribution in [2.45, 2.75) is 141 Å². The van der Waals surface area contributed by atoms with E-state index in [1.165, 1.54) is 12.8 Å². The van der Waals surface area contributed by atoms with E-state index in [0.717, 1.165) is 44.2 Å². The van der Waals surface area contributed by atoms with Crippen molar-refractivity contribution in [3.05, 3.63) is 23.7 Å². The first kappa shape index (κ1) is 39.4. The van der Waals surface area contributed by atoms with Crippen molar-refractivity contribution in [2.75, 3.05) is 0 Å². The lowest BCUT2D eigenvalue weighted by molar-refractivity contribution is -0.140. The number of aromatic amines is 1. The maximum atomic E-state index is 12.7. The number of nitrogens with zero attached hydrogens (tertiary/aromatic N) is 2. The van der Waals surface area contributed by atoms with E-state index in [0.29, 0.717) is 34.5 Å². The fourth-order valence-electron chi connectivity index (χ4n) is 5.45. The third kappa shape index (κ3) is 11.9. The summed E-state index contributed by atoms with van der Waals surface area (Å²) in [7, 11) is 0. The molecule has 13 nitrogen and oxygen atoms in total. The molecule has 4 saturated carbocycles. The molecule has 0 aromatic carbocycles. The topological polar surface area (TPSA) is 213 Å². The molecule has 2 amide bonds. The summed E-state index contributed by atoms with van der Waals surface area (Å²) in [6.07, 6.45) is 11.3. The fourth-order valence-corrected chi connectivity index (χ4v) is 5.45. The van der Waals surface area contributed by atoms with E-state index < -0.39 is 34.9 Å². The van der Waals surface area contributed by atoms with E-state index in [-0.39, 0.29) is 36.3 Å². The highest BCUT2D eigenvalue weighted by atomic mass is 35.5. The average Bonchev–Trinajstić information content (AvgIpc) is 3.79. The fraction of sp³-hybridized carbons (Fsp3) is 0.735. The summed E-state index contributed by atoms with van der Waals surface area (Å²) in [6, 6.07) is -1.06. The lowest BCUT2D eigenvalue weighted by Crippen LogP contribution is -2.50. The van der Waals surface area contributed by atoms with Crippen LogP contribution in [0.3, 0.4) is 0 Å². The number of nitrogens with two attached hydrogens (primary N) is 1. The molecule has 2 heterocycles. The van der Waals surface area contributed by atoms with E-state index in [1.54, 1.807) is 60.9 Å². The molecule has 2 aromatic heterocycles. The summed E-state index contributed by atoms with van der Waals surface area (Å²) in [5, 5.41) is 33.9. The van der Waals surface area contributed by atoms with E-state index in [9.17, 15) is 24.6 Å². The van der Waals surface area contributed by atoms with Gasteiger partial charge in [-0.2, -0.15) is 0 Å². The molecule has 0 unspecified atom stereocenters. The van der Waals surface area contributed by atoms with Crippen molar-refractivity contribution >= 4 is 41.5 Å². The van der Waals surface area contributed by atoms with Crippen molar-refractivity contribution in [2.24, 2.45) is 23.5 Å². The van der Waals surface area contributed by atoms with Crippen LogP contribution >= 0.6 is 12.4 Å². The van der Waals surface area contributed by atoms with Crippen LogP contribution in [0, 0.1) is 17.8 Å². The Labute approximate surface area is 289 Å². The van der Waals surface area contributed by atoms with Gasteiger partial charge in [0.1, 0.15) is 17.2 Å². The number of alkyl carbamates (subject to hydrolysis) is 1. The van der Waals surface area contributed by atoms with Crippen molar-refractivity contribution in [1.82, 2.24) is 25.6 Å². The van der Waals surface area contributed by atoms with Gasteiger partial charge in [-0.1, -0.05) is 0 Å². The Morgan fingerprint density at radius 2 is 1.46 bits per heavy atom. The molecule has 48 heavy (non-hydrogen) atoms. The van der Waals surface area contributed by atoms with Crippen LogP contribution in [0.4, 0.5) is 4.79 Å². The number of hydrogen-bond donors (Lipinski definition) is 7. The van der Waals surface area contributed by atoms with Crippen LogP contribution in [0.1, 0.15) is 122 Å². The zero-order valence-electron chi connectivity index (χ0n) is 29.2. The monoisotopic (exact) mass is 694 g/mol. The highest BCUT2D eigenvalue weighted by molar-refractivity contribution is 6.04. The van der Waals surface area contributed by atoms with Crippen molar-refractivity contribution in [3.63, 3.8) is 0 Å². The van der Waals surface area contributed by atoms with E-state index in [4.69, 9.17) is 15.6 Å². The summed E-state index contributed by atoms with van der Waals surface area (Å²) >= 11 is 0. The van der Waals surface area contributed by atoms with Crippen LogP contribution in [-0.4, -0.2) is 83.2 Å². The van der Waals surface area contributed by atoms with Crippen molar-refractivity contribution < 1.29 is 34.4 Å². The Hall–Kier alpha value is -3.00. The molecule has 4 fully saturated rings. The van der Waals surface area contributed by atoms with Gasteiger partial charge in [0.2, 0.25) is 0 Å². The Morgan fingerprint density at radius 1 is 0.896 bits per heavy atom. The second kappa shape index (κ2) is 15.3. The Balaban J connectivity index is 0.000000216. The van der Waals surface area contributed by atoms with Gasteiger partial charge in [0.15, 0.2) is 5.65 Å². The molecule has 2 aromatic rings. The minimum absolute atomic E-state index is 0. The SMILES string of the molecule is CC(C)(C)OC(=O)N[C@@H](C(=O)O)C1CC1.CC(C)(O)[C@H](N)C1CC1.CC(C)(O)[C@H](NC(=O)c1c[nH]c2ncc(C3CC3)nc12)C1CC1.Cl. The average molecular weight is 695 g/mol. The van der Waals surface area contributed by atoms with Gasteiger partial charge in [0, 0.05) is 18.2 Å². The summed E-state index contributed by atoms with van der Waals surface area (Å²) in [4.78, 5) is 46.8. The molecule has 14 heteroatoms. The quantitative estimate of drug-likeness (QED) is 0.186. The number of carboxylic acid groups (broad SMARTS) is 1. The first-order valence-electron chi connectivity index (χ1n) is 16.8. The number of amides is 2. The number of nitrogens with one attached hydrogen (secondary N) is 3. The number of carbonyl (C=O) groups excluding carboxylic acids is 2. The van der Waals surface area contributed by atoms with Gasteiger partial charge in [0.25, 0.3) is 5.91 Å². The molecule has 6 rings (SSSR count). The number of H-pyrrole nitrogens is 1. The maximum Gasteiger partial charge on any atom is 0.408 e. The Bertz CT molecular complexity index is 1410. The molecule has 0 saturated heterocycles. The molecule has 4 aliphatic rings. The summed E-state index contributed by atoms with van der Waals surface area (Å²) in [5.41, 5.74) is 6.21. The molecule has 0 aliphatic heterocycles. The largest absolute Gasteiger partial charge is 0.480 e. The van der Waals surface area contributed by atoms with E-state index in [1.807, 2.05) is 0 Å². The highest BCUT2D eigenvalue weighted by Gasteiger charge is 2.42. The molecule has 8 N–H and O–H groups in total. The number of carbonyl (C=O) groups is 3. The number of fused-ring (bicyclic) bond motifs is 1. The van der Waals surface area contributed by atoms with Gasteiger partial charge in [-0.05, 0) is 118 Å². The summed E-state index contributed by atoms with van der Waals surface area (Å²) in [6.45, 7) is 12.2. The number of aromatic nitrogens is 3. The highest BCUT2D eigenvalue weighted by Crippen LogP contribution is 2.40. The molecule has 0 radical (unpaired) electrons. The van der Waals surface area contributed by atoms with Gasteiger partial charge in [-0.15, -0.1) is 12.4 Å². The molecule has 4 aliphatic carbocycles. The minimum atomic E-state index is -0.997. The zero-order chi connectivity index (χ0) is 34.9. The second-order valence-electron chi connectivity index (χ2n) is 15.7. The third-order valence-corrected chi connectivity index (χ3v) is 8.76. The summed E-state index contributed by atoms with van der Waals surface area (Å²) < 4.78 is 4.98. The van der Waals surface area contributed by atoms with E-state index in [2.05, 4.69) is 25.6 Å². The first-order valence-corrected chi connectivity index (χ1v) is 16.8.